The lowest BCUT2D eigenvalue weighted by Gasteiger charge is -2.24. The molecule has 18 heavy (non-hydrogen) atoms. The van der Waals surface area contributed by atoms with Crippen LogP contribution in [0.2, 0.25) is 0 Å². The van der Waals surface area contributed by atoms with E-state index < -0.39 is 0 Å². The molecule has 1 amide bonds. The molecule has 0 radical (unpaired) electrons. The molecule has 1 rings (SSSR count). The standard InChI is InChI=1S/C14H21BrN2O/c1-11-7-12(9-16-8-11)13(18)17-10-14(2,3)5-4-6-15/h7-9H,4-6,10H2,1-3H3,(H,17,18). The maximum absolute atomic E-state index is 12.0. The Bertz CT molecular complexity index is 405. The monoisotopic (exact) mass is 312 g/mol. The molecule has 1 aromatic rings. The number of hydrogen-bond donors (Lipinski definition) is 1. The third kappa shape index (κ3) is 5.17. The first-order valence-corrected chi connectivity index (χ1v) is 7.32. The number of halogens is 1. The summed E-state index contributed by atoms with van der Waals surface area (Å²) in [5, 5.41) is 3.99. The summed E-state index contributed by atoms with van der Waals surface area (Å²) in [6, 6.07) is 1.85. The molecule has 0 saturated carbocycles. The first-order chi connectivity index (χ1) is 8.44. The second-order valence-electron chi connectivity index (χ2n) is 5.39. The van der Waals surface area contributed by atoms with Crippen LogP contribution < -0.4 is 5.32 Å². The first-order valence-electron chi connectivity index (χ1n) is 6.20. The van der Waals surface area contributed by atoms with E-state index in [0.29, 0.717) is 12.1 Å². The van der Waals surface area contributed by atoms with Gasteiger partial charge in [0.2, 0.25) is 0 Å². The fraction of sp³-hybridized carbons (Fsp3) is 0.571. The minimum absolute atomic E-state index is 0.0434. The van der Waals surface area contributed by atoms with Gasteiger partial charge in [-0.2, -0.15) is 0 Å². The van der Waals surface area contributed by atoms with Crippen LogP contribution in [-0.2, 0) is 0 Å². The minimum Gasteiger partial charge on any atom is -0.351 e. The van der Waals surface area contributed by atoms with Gasteiger partial charge in [-0.05, 0) is 36.8 Å². The Morgan fingerprint density at radius 2 is 2.17 bits per heavy atom. The van der Waals surface area contributed by atoms with Gasteiger partial charge >= 0.3 is 0 Å². The predicted octanol–water partition coefficient (Wildman–Crippen LogP) is 3.32. The zero-order valence-corrected chi connectivity index (χ0v) is 12.9. The highest BCUT2D eigenvalue weighted by atomic mass is 79.9. The average Bonchev–Trinajstić information content (AvgIpc) is 2.34. The maximum Gasteiger partial charge on any atom is 0.252 e. The van der Waals surface area contributed by atoms with Crippen LogP contribution in [0.3, 0.4) is 0 Å². The summed E-state index contributed by atoms with van der Waals surface area (Å²) in [7, 11) is 0. The Labute approximate surface area is 118 Å². The third-order valence-corrected chi connectivity index (χ3v) is 3.41. The van der Waals surface area contributed by atoms with Crippen molar-refractivity contribution in [3.8, 4) is 0 Å². The molecule has 100 valence electrons. The number of carbonyl (C=O) groups excluding carboxylic acids is 1. The average molecular weight is 313 g/mol. The molecule has 4 heteroatoms. The predicted molar refractivity (Wildman–Crippen MR) is 78.1 cm³/mol. The second kappa shape index (κ2) is 6.88. The zero-order chi connectivity index (χ0) is 13.6. The summed E-state index contributed by atoms with van der Waals surface area (Å²) >= 11 is 3.43. The zero-order valence-electron chi connectivity index (χ0n) is 11.3. The van der Waals surface area contributed by atoms with Crippen LogP contribution in [0.5, 0.6) is 0 Å². The number of alkyl halides is 1. The number of hydrogen-bond acceptors (Lipinski definition) is 2. The summed E-state index contributed by atoms with van der Waals surface area (Å²) in [5.74, 6) is -0.0434. The summed E-state index contributed by atoms with van der Waals surface area (Å²) in [4.78, 5) is 16.0. The molecule has 0 atom stereocenters. The second-order valence-corrected chi connectivity index (χ2v) is 6.18. The third-order valence-electron chi connectivity index (χ3n) is 2.85. The van der Waals surface area contributed by atoms with Crippen molar-refractivity contribution >= 4 is 21.8 Å². The Morgan fingerprint density at radius 1 is 1.44 bits per heavy atom. The quantitative estimate of drug-likeness (QED) is 0.819. The van der Waals surface area contributed by atoms with E-state index in [9.17, 15) is 4.79 Å². The SMILES string of the molecule is Cc1cncc(C(=O)NCC(C)(C)CCCBr)c1. The molecule has 0 saturated heterocycles. The Kier molecular flexibility index (Phi) is 5.79. The molecule has 0 aliphatic rings. The van der Waals surface area contributed by atoms with Crippen LogP contribution in [0.4, 0.5) is 0 Å². The number of aromatic nitrogens is 1. The van der Waals surface area contributed by atoms with Gasteiger partial charge in [0.1, 0.15) is 0 Å². The van der Waals surface area contributed by atoms with Gasteiger partial charge in [0.25, 0.3) is 5.91 Å². The Morgan fingerprint density at radius 3 is 2.78 bits per heavy atom. The highest BCUT2D eigenvalue weighted by Crippen LogP contribution is 2.21. The highest BCUT2D eigenvalue weighted by Gasteiger charge is 2.18. The Balaban J connectivity index is 2.50. The molecule has 0 unspecified atom stereocenters. The van der Waals surface area contributed by atoms with Crippen molar-refractivity contribution < 1.29 is 4.79 Å². The summed E-state index contributed by atoms with van der Waals surface area (Å²) in [5.41, 5.74) is 1.76. The minimum atomic E-state index is -0.0434. The van der Waals surface area contributed by atoms with Gasteiger partial charge in [0, 0.05) is 24.3 Å². The fourth-order valence-electron chi connectivity index (χ4n) is 1.73. The molecule has 1 N–H and O–H groups in total. The lowest BCUT2D eigenvalue weighted by molar-refractivity contribution is 0.0934. The first kappa shape index (κ1) is 15.2. The van der Waals surface area contributed by atoms with Crippen molar-refractivity contribution in [2.45, 2.75) is 33.6 Å². The molecule has 0 aliphatic heterocycles. The van der Waals surface area contributed by atoms with Crippen LogP contribution in [0, 0.1) is 12.3 Å². The molecule has 1 heterocycles. The van der Waals surface area contributed by atoms with Gasteiger partial charge in [0.05, 0.1) is 5.56 Å². The maximum atomic E-state index is 12.0. The molecule has 3 nitrogen and oxygen atoms in total. The van der Waals surface area contributed by atoms with Gasteiger partial charge in [0.15, 0.2) is 0 Å². The van der Waals surface area contributed by atoms with E-state index in [1.165, 1.54) is 0 Å². The van der Waals surface area contributed by atoms with E-state index in [2.05, 4.69) is 40.1 Å². The van der Waals surface area contributed by atoms with Gasteiger partial charge < -0.3 is 5.32 Å². The summed E-state index contributed by atoms with van der Waals surface area (Å²) < 4.78 is 0. The van der Waals surface area contributed by atoms with Crippen molar-refractivity contribution in [1.29, 1.82) is 0 Å². The van der Waals surface area contributed by atoms with E-state index >= 15 is 0 Å². The number of nitrogens with one attached hydrogen (secondary N) is 1. The molecule has 0 aliphatic carbocycles. The van der Waals surface area contributed by atoms with Crippen molar-refractivity contribution in [3.05, 3.63) is 29.6 Å². The number of amides is 1. The van der Waals surface area contributed by atoms with E-state index in [0.717, 1.165) is 23.7 Å². The molecule has 0 aromatic carbocycles. The molecule has 0 bridgehead atoms. The van der Waals surface area contributed by atoms with Crippen LogP contribution in [0.15, 0.2) is 18.5 Å². The van der Waals surface area contributed by atoms with Gasteiger partial charge in [-0.15, -0.1) is 0 Å². The number of nitrogens with zero attached hydrogens (tertiary/aromatic N) is 1. The number of rotatable bonds is 6. The molecular formula is C14H21BrN2O. The van der Waals surface area contributed by atoms with Crippen molar-refractivity contribution in [2.24, 2.45) is 5.41 Å². The fourth-order valence-corrected chi connectivity index (χ4v) is 2.01. The normalized spacial score (nSPS) is 11.3. The van der Waals surface area contributed by atoms with Crippen molar-refractivity contribution in [2.75, 3.05) is 11.9 Å². The van der Waals surface area contributed by atoms with Gasteiger partial charge in [-0.3, -0.25) is 9.78 Å². The molecule has 1 aromatic heterocycles. The van der Waals surface area contributed by atoms with Crippen molar-refractivity contribution in [1.82, 2.24) is 10.3 Å². The summed E-state index contributed by atoms with van der Waals surface area (Å²) in [6.07, 6.45) is 5.56. The smallest absolute Gasteiger partial charge is 0.252 e. The number of carbonyl (C=O) groups is 1. The van der Waals surface area contributed by atoms with Crippen LogP contribution >= 0.6 is 15.9 Å². The Hall–Kier alpha value is -0.900. The topological polar surface area (TPSA) is 42.0 Å². The highest BCUT2D eigenvalue weighted by molar-refractivity contribution is 9.09. The van der Waals surface area contributed by atoms with E-state index in [1.54, 1.807) is 12.4 Å². The van der Waals surface area contributed by atoms with Gasteiger partial charge in [-0.1, -0.05) is 29.8 Å². The molecule has 0 fully saturated rings. The molecule has 0 spiro atoms. The summed E-state index contributed by atoms with van der Waals surface area (Å²) in [6.45, 7) is 6.96. The number of pyridine rings is 1. The van der Waals surface area contributed by atoms with E-state index in [4.69, 9.17) is 0 Å². The lowest BCUT2D eigenvalue weighted by Crippen LogP contribution is -2.34. The van der Waals surface area contributed by atoms with E-state index in [1.807, 2.05) is 13.0 Å². The van der Waals surface area contributed by atoms with Crippen LogP contribution in [-0.4, -0.2) is 22.8 Å². The molecular weight excluding hydrogens is 292 g/mol. The largest absolute Gasteiger partial charge is 0.351 e. The van der Waals surface area contributed by atoms with Crippen molar-refractivity contribution in [3.63, 3.8) is 0 Å². The van der Waals surface area contributed by atoms with Crippen LogP contribution in [0.1, 0.15) is 42.6 Å². The number of aryl methyl sites for hydroxylation is 1. The lowest BCUT2D eigenvalue weighted by atomic mass is 9.88. The van der Waals surface area contributed by atoms with Gasteiger partial charge in [-0.25, -0.2) is 0 Å². The van der Waals surface area contributed by atoms with Crippen LogP contribution in [0.25, 0.3) is 0 Å². The van der Waals surface area contributed by atoms with E-state index in [-0.39, 0.29) is 11.3 Å².